The third-order valence-corrected chi connectivity index (χ3v) is 4.32. The number of benzene rings is 1. The molecular formula is C19H17N5O3. The number of rotatable bonds is 6. The molecule has 0 aliphatic carbocycles. The molecule has 0 bridgehead atoms. The predicted molar refractivity (Wildman–Crippen MR) is 95.5 cm³/mol. The molecule has 0 fully saturated rings. The standard InChI is InChI=1S/C19H17N5O3/c25-16(10-15-13-5-1-2-6-14(13)19(26)22-15)21-9-7-17-23-18(24-27-17)12-4-3-8-20-11-12/h1-6,8,11,15H,7,9-10H2,(H,21,25)(H,22,26)/t15-/m1/s1. The van der Waals surface area contributed by atoms with Crippen LogP contribution in [0.5, 0.6) is 0 Å². The molecule has 1 aliphatic rings. The Morgan fingerprint density at radius 2 is 2.11 bits per heavy atom. The van der Waals surface area contributed by atoms with Gasteiger partial charge in [-0.3, -0.25) is 14.6 Å². The van der Waals surface area contributed by atoms with E-state index in [2.05, 4.69) is 25.8 Å². The van der Waals surface area contributed by atoms with Gasteiger partial charge in [0.2, 0.25) is 17.6 Å². The van der Waals surface area contributed by atoms with Crippen molar-refractivity contribution in [1.82, 2.24) is 25.8 Å². The van der Waals surface area contributed by atoms with E-state index < -0.39 is 0 Å². The maximum Gasteiger partial charge on any atom is 0.252 e. The number of pyridine rings is 1. The number of carbonyl (C=O) groups excluding carboxylic acids is 2. The average Bonchev–Trinajstić information content (AvgIpc) is 3.28. The van der Waals surface area contributed by atoms with Crippen LogP contribution >= 0.6 is 0 Å². The highest BCUT2D eigenvalue weighted by atomic mass is 16.5. The van der Waals surface area contributed by atoms with Crippen LogP contribution in [0.3, 0.4) is 0 Å². The highest BCUT2D eigenvalue weighted by Gasteiger charge is 2.29. The van der Waals surface area contributed by atoms with Gasteiger partial charge in [-0.1, -0.05) is 23.4 Å². The molecular weight excluding hydrogens is 346 g/mol. The van der Waals surface area contributed by atoms with Gasteiger partial charge >= 0.3 is 0 Å². The molecule has 3 aromatic rings. The number of nitrogens with zero attached hydrogens (tertiary/aromatic N) is 3. The number of fused-ring (bicyclic) bond motifs is 1. The van der Waals surface area contributed by atoms with Gasteiger partial charge in [0.25, 0.3) is 5.91 Å². The Kier molecular flexibility index (Phi) is 4.61. The topological polar surface area (TPSA) is 110 Å². The second-order valence-electron chi connectivity index (χ2n) is 6.17. The minimum absolute atomic E-state index is 0.141. The summed E-state index contributed by atoms with van der Waals surface area (Å²) in [6.45, 7) is 0.371. The van der Waals surface area contributed by atoms with Crippen LogP contribution in [0.15, 0.2) is 53.3 Å². The molecule has 2 aromatic heterocycles. The first-order chi connectivity index (χ1) is 13.2. The van der Waals surface area contributed by atoms with E-state index in [1.807, 2.05) is 24.3 Å². The van der Waals surface area contributed by atoms with E-state index in [9.17, 15) is 9.59 Å². The van der Waals surface area contributed by atoms with Crippen LogP contribution in [0.25, 0.3) is 11.4 Å². The summed E-state index contributed by atoms with van der Waals surface area (Å²) >= 11 is 0. The first-order valence-corrected chi connectivity index (χ1v) is 8.60. The molecule has 27 heavy (non-hydrogen) atoms. The van der Waals surface area contributed by atoms with Crippen molar-refractivity contribution in [1.29, 1.82) is 0 Å². The van der Waals surface area contributed by atoms with Gasteiger partial charge < -0.3 is 15.2 Å². The lowest BCUT2D eigenvalue weighted by Crippen LogP contribution is -2.30. The van der Waals surface area contributed by atoms with Crippen molar-refractivity contribution in [2.24, 2.45) is 0 Å². The third kappa shape index (κ3) is 3.69. The zero-order chi connectivity index (χ0) is 18.6. The van der Waals surface area contributed by atoms with E-state index in [1.54, 1.807) is 24.5 Å². The summed E-state index contributed by atoms with van der Waals surface area (Å²) in [6, 6.07) is 10.6. The number of hydrogen-bond donors (Lipinski definition) is 2. The van der Waals surface area contributed by atoms with Gasteiger partial charge in [0, 0.05) is 36.5 Å². The molecule has 1 aromatic carbocycles. The number of hydrogen-bond acceptors (Lipinski definition) is 6. The van der Waals surface area contributed by atoms with Gasteiger partial charge in [-0.15, -0.1) is 0 Å². The summed E-state index contributed by atoms with van der Waals surface area (Å²) < 4.78 is 5.20. The minimum Gasteiger partial charge on any atom is -0.356 e. The fraction of sp³-hybridized carbons (Fsp3) is 0.211. The Hall–Kier alpha value is -3.55. The Morgan fingerprint density at radius 1 is 1.22 bits per heavy atom. The third-order valence-electron chi connectivity index (χ3n) is 4.32. The van der Waals surface area contributed by atoms with Gasteiger partial charge in [0.15, 0.2) is 0 Å². The summed E-state index contributed by atoms with van der Waals surface area (Å²) in [5.41, 5.74) is 2.26. The normalized spacial score (nSPS) is 15.3. The first kappa shape index (κ1) is 16.9. The highest BCUT2D eigenvalue weighted by Crippen LogP contribution is 2.27. The van der Waals surface area contributed by atoms with Crippen LogP contribution in [-0.2, 0) is 11.2 Å². The molecule has 0 saturated heterocycles. The summed E-state index contributed by atoms with van der Waals surface area (Å²) in [5.74, 6) is 0.615. The molecule has 8 nitrogen and oxygen atoms in total. The molecule has 0 unspecified atom stereocenters. The molecule has 0 saturated carbocycles. The van der Waals surface area contributed by atoms with Gasteiger partial charge in [0.05, 0.1) is 12.5 Å². The number of amides is 2. The van der Waals surface area contributed by atoms with Gasteiger partial charge in [-0.25, -0.2) is 0 Å². The van der Waals surface area contributed by atoms with Gasteiger partial charge in [-0.05, 0) is 23.8 Å². The summed E-state index contributed by atoms with van der Waals surface area (Å²) in [7, 11) is 0. The van der Waals surface area contributed by atoms with E-state index in [0.717, 1.165) is 11.1 Å². The van der Waals surface area contributed by atoms with Crippen molar-refractivity contribution < 1.29 is 14.1 Å². The quantitative estimate of drug-likeness (QED) is 0.689. The second kappa shape index (κ2) is 7.36. The van der Waals surface area contributed by atoms with Crippen LogP contribution in [0.1, 0.15) is 34.3 Å². The van der Waals surface area contributed by atoms with Crippen molar-refractivity contribution in [2.75, 3.05) is 6.54 Å². The van der Waals surface area contributed by atoms with Crippen molar-refractivity contribution in [3.63, 3.8) is 0 Å². The van der Waals surface area contributed by atoms with E-state index in [-0.39, 0.29) is 24.3 Å². The van der Waals surface area contributed by atoms with E-state index in [0.29, 0.717) is 30.2 Å². The Bertz CT molecular complexity index is 970. The van der Waals surface area contributed by atoms with E-state index in [4.69, 9.17) is 4.52 Å². The second-order valence-corrected chi connectivity index (χ2v) is 6.17. The molecule has 3 heterocycles. The van der Waals surface area contributed by atoms with Gasteiger partial charge in [-0.2, -0.15) is 4.98 Å². The van der Waals surface area contributed by atoms with Gasteiger partial charge in [0.1, 0.15) is 0 Å². The van der Waals surface area contributed by atoms with Crippen LogP contribution in [0.2, 0.25) is 0 Å². The van der Waals surface area contributed by atoms with Crippen molar-refractivity contribution >= 4 is 11.8 Å². The molecule has 8 heteroatoms. The largest absolute Gasteiger partial charge is 0.356 e. The van der Waals surface area contributed by atoms with Crippen LogP contribution in [-0.4, -0.2) is 33.5 Å². The van der Waals surface area contributed by atoms with Crippen LogP contribution in [0, 0.1) is 0 Å². The zero-order valence-electron chi connectivity index (χ0n) is 14.4. The minimum atomic E-state index is -0.297. The lowest BCUT2D eigenvalue weighted by Gasteiger charge is -2.11. The first-order valence-electron chi connectivity index (χ1n) is 8.60. The molecule has 0 radical (unpaired) electrons. The molecule has 2 amide bonds. The smallest absolute Gasteiger partial charge is 0.252 e. The van der Waals surface area contributed by atoms with Crippen LogP contribution < -0.4 is 10.6 Å². The number of aromatic nitrogens is 3. The molecule has 4 rings (SSSR count). The number of nitrogens with one attached hydrogen (secondary N) is 2. The summed E-state index contributed by atoms with van der Waals surface area (Å²) in [4.78, 5) is 32.4. The Balaban J connectivity index is 1.28. The fourth-order valence-electron chi connectivity index (χ4n) is 3.02. The zero-order valence-corrected chi connectivity index (χ0v) is 14.4. The maximum absolute atomic E-state index is 12.2. The lowest BCUT2D eigenvalue weighted by molar-refractivity contribution is -0.121. The monoisotopic (exact) mass is 363 g/mol. The molecule has 1 aliphatic heterocycles. The van der Waals surface area contributed by atoms with Crippen molar-refractivity contribution in [3.8, 4) is 11.4 Å². The Labute approximate surface area is 155 Å². The highest BCUT2D eigenvalue weighted by molar-refractivity contribution is 5.99. The van der Waals surface area contributed by atoms with Crippen molar-refractivity contribution in [3.05, 3.63) is 65.8 Å². The lowest BCUT2D eigenvalue weighted by atomic mass is 10.0. The van der Waals surface area contributed by atoms with Crippen molar-refractivity contribution in [2.45, 2.75) is 18.9 Å². The Morgan fingerprint density at radius 3 is 2.96 bits per heavy atom. The molecule has 2 N–H and O–H groups in total. The van der Waals surface area contributed by atoms with Crippen LogP contribution in [0.4, 0.5) is 0 Å². The van der Waals surface area contributed by atoms with E-state index >= 15 is 0 Å². The summed E-state index contributed by atoms with van der Waals surface area (Å²) in [5, 5.41) is 9.57. The predicted octanol–water partition coefficient (Wildman–Crippen LogP) is 1.67. The SMILES string of the molecule is O=C(C[C@H]1NC(=O)c2ccccc21)NCCc1nc(-c2cccnc2)no1. The summed E-state index contributed by atoms with van der Waals surface area (Å²) in [6.07, 6.45) is 3.94. The number of carbonyl (C=O) groups is 2. The van der Waals surface area contributed by atoms with E-state index in [1.165, 1.54) is 0 Å². The maximum atomic E-state index is 12.2. The average molecular weight is 363 g/mol. The molecule has 0 spiro atoms. The fourth-order valence-corrected chi connectivity index (χ4v) is 3.02. The molecule has 1 atom stereocenters. The molecule has 136 valence electrons.